The Bertz CT molecular complexity index is 887. The Labute approximate surface area is 159 Å². The minimum Gasteiger partial charge on any atom is -0.443 e. The molecule has 3 rings (SSSR count). The van der Waals surface area contributed by atoms with E-state index in [0.717, 1.165) is 16.7 Å². The lowest BCUT2D eigenvalue weighted by atomic mass is 9.99. The number of benzene rings is 2. The Balaban J connectivity index is 1.81. The van der Waals surface area contributed by atoms with Gasteiger partial charge in [0.2, 0.25) is 5.91 Å². The summed E-state index contributed by atoms with van der Waals surface area (Å²) in [6, 6.07) is 17.0. The zero-order valence-electron chi connectivity index (χ0n) is 15.7. The van der Waals surface area contributed by atoms with Crippen LogP contribution in [-0.4, -0.2) is 22.5 Å². The molecule has 5 heteroatoms. The van der Waals surface area contributed by atoms with Gasteiger partial charge in [-0.05, 0) is 56.0 Å². The summed E-state index contributed by atoms with van der Waals surface area (Å²) in [6.45, 7) is 5.35. The molecule has 0 aromatic heterocycles. The molecule has 1 atom stereocenters. The lowest BCUT2D eigenvalue weighted by Crippen LogP contribution is -2.38. The van der Waals surface area contributed by atoms with Crippen molar-refractivity contribution in [3.63, 3.8) is 0 Å². The van der Waals surface area contributed by atoms with Gasteiger partial charge in [-0.15, -0.1) is 0 Å². The highest BCUT2D eigenvalue weighted by Gasteiger charge is 2.39. The van der Waals surface area contributed by atoms with E-state index in [1.165, 1.54) is 4.90 Å². The Morgan fingerprint density at radius 2 is 1.63 bits per heavy atom. The highest BCUT2D eigenvalue weighted by molar-refractivity contribution is 5.94. The molecule has 1 aliphatic heterocycles. The SMILES string of the molecule is CC(C)(C)OC(=O)N1C(=O)CC[C@@H]1c1ccc(-c2ccc(C#N)cc2)cc1. The van der Waals surface area contributed by atoms with Crippen molar-refractivity contribution in [2.75, 3.05) is 0 Å². The molecular weight excluding hydrogens is 340 g/mol. The number of imide groups is 1. The first-order chi connectivity index (χ1) is 12.8. The number of carbonyl (C=O) groups excluding carboxylic acids is 2. The molecule has 2 amide bonds. The third-order valence-corrected chi connectivity index (χ3v) is 4.44. The number of carbonyl (C=O) groups is 2. The van der Waals surface area contributed by atoms with Gasteiger partial charge in [0.15, 0.2) is 0 Å². The second kappa shape index (κ2) is 7.24. The Hall–Kier alpha value is -3.13. The van der Waals surface area contributed by atoms with Crippen LogP contribution < -0.4 is 0 Å². The van der Waals surface area contributed by atoms with E-state index in [1.54, 1.807) is 32.9 Å². The van der Waals surface area contributed by atoms with Gasteiger partial charge < -0.3 is 4.74 Å². The van der Waals surface area contributed by atoms with E-state index in [4.69, 9.17) is 10.00 Å². The number of ether oxygens (including phenoxy) is 1. The van der Waals surface area contributed by atoms with Crippen LogP contribution in [0.1, 0.15) is 50.8 Å². The summed E-state index contributed by atoms with van der Waals surface area (Å²) >= 11 is 0. The molecule has 2 aromatic rings. The van der Waals surface area contributed by atoms with Crippen molar-refractivity contribution >= 4 is 12.0 Å². The van der Waals surface area contributed by atoms with E-state index in [1.807, 2.05) is 36.4 Å². The van der Waals surface area contributed by atoms with Crippen LogP contribution in [0.25, 0.3) is 11.1 Å². The maximum atomic E-state index is 12.5. The van der Waals surface area contributed by atoms with E-state index in [-0.39, 0.29) is 11.9 Å². The van der Waals surface area contributed by atoms with Gasteiger partial charge in [0.1, 0.15) is 5.60 Å². The molecule has 0 aliphatic carbocycles. The molecule has 1 aliphatic rings. The Morgan fingerprint density at radius 1 is 1.07 bits per heavy atom. The van der Waals surface area contributed by atoms with Gasteiger partial charge in [0, 0.05) is 6.42 Å². The van der Waals surface area contributed by atoms with Gasteiger partial charge >= 0.3 is 6.09 Å². The molecule has 1 heterocycles. The molecule has 0 spiro atoms. The summed E-state index contributed by atoms with van der Waals surface area (Å²) < 4.78 is 5.40. The molecule has 138 valence electrons. The molecule has 27 heavy (non-hydrogen) atoms. The lowest BCUT2D eigenvalue weighted by Gasteiger charge is -2.27. The highest BCUT2D eigenvalue weighted by Crippen LogP contribution is 2.35. The number of rotatable bonds is 2. The molecule has 1 fully saturated rings. The van der Waals surface area contributed by atoms with Gasteiger partial charge in [-0.1, -0.05) is 36.4 Å². The van der Waals surface area contributed by atoms with Crippen LogP contribution in [0.5, 0.6) is 0 Å². The first-order valence-electron chi connectivity index (χ1n) is 8.94. The molecule has 0 N–H and O–H groups in total. The number of nitriles is 1. The van der Waals surface area contributed by atoms with Gasteiger partial charge in [-0.2, -0.15) is 5.26 Å². The molecule has 0 bridgehead atoms. The summed E-state index contributed by atoms with van der Waals surface area (Å²) in [5, 5.41) is 8.90. The predicted octanol–water partition coefficient (Wildman–Crippen LogP) is 4.82. The fourth-order valence-corrected chi connectivity index (χ4v) is 3.17. The molecule has 2 aromatic carbocycles. The summed E-state index contributed by atoms with van der Waals surface area (Å²) in [6.07, 6.45) is 0.335. The van der Waals surface area contributed by atoms with E-state index < -0.39 is 11.7 Å². The van der Waals surface area contributed by atoms with Gasteiger partial charge in [-0.25, -0.2) is 9.69 Å². The summed E-state index contributed by atoms with van der Waals surface area (Å²) in [7, 11) is 0. The number of nitrogens with zero attached hydrogens (tertiary/aromatic N) is 2. The monoisotopic (exact) mass is 362 g/mol. The van der Waals surface area contributed by atoms with Crippen molar-refractivity contribution in [1.29, 1.82) is 5.26 Å². The second-order valence-electron chi connectivity index (χ2n) is 7.61. The second-order valence-corrected chi connectivity index (χ2v) is 7.61. The standard InChI is InChI=1S/C22H22N2O3/c1-22(2,3)27-21(26)24-19(12-13-20(24)25)18-10-8-17(9-11-18)16-6-4-15(14-23)5-7-16/h4-11,19H,12-13H2,1-3H3/t19-/m1/s1. The van der Waals surface area contributed by atoms with E-state index in [2.05, 4.69) is 6.07 Å². The minimum absolute atomic E-state index is 0.203. The zero-order valence-corrected chi connectivity index (χ0v) is 15.7. The maximum absolute atomic E-state index is 12.5. The average molecular weight is 362 g/mol. The van der Waals surface area contributed by atoms with E-state index in [9.17, 15) is 9.59 Å². The van der Waals surface area contributed by atoms with Crippen LogP contribution in [-0.2, 0) is 9.53 Å². The lowest BCUT2D eigenvalue weighted by molar-refractivity contribution is -0.128. The van der Waals surface area contributed by atoms with Gasteiger partial charge in [0.05, 0.1) is 17.7 Å². The third-order valence-electron chi connectivity index (χ3n) is 4.44. The van der Waals surface area contributed by atoms with Crippen LogP contribution in [0.15, 0.2) is 48.5 Å². The first-order valence-corrected chi connectivity index (χ1v) is 8.94. The third kappa shape index (κ3) is 4.17. The number of hydrogen-bond donors (Lipinski definition) is 0. The number of likely N-dealkylation sites (tertiary alicyclic amines) is 1. The molecule has 5 nitrogen and oxygen atoms in total. The Morgan fingerprint density at radius 3 is 2.15 bits per heavy atom. The highest BCUT2D eigenvalue weighted by atomic mass is 16.6. The van der Waals surface area contributed by atoms with Gasteiger partial charge in [0.25, 0.3) is 0 Å². The molecular formula is C22H22N2O3. The van der Waals surface area contributed by atoms with Gasteiger partial charge in [-0.3, -0.25) is 4.79 Å². The minimum atomic E-state index is -0.649. The molecule has 0 radical (unpaired) electrons. The van der Waals surface area contributed by atoms with E-state index in [0.29, 0.717) is 18.4 Å². The average Bonchev–Trinajstić information content (AvgIpc) is 3.02. The van der Waals surface area contributed by atoms with Crippen molar-refractivity contribution in [2.24, 2.45) is 0 Å². The number of amides is 2. The topological polar surface area (TPSA) is 70.4 Å². The fourth-order valence-electron chi connectivity index (χ4n) is 3.17. The van der Waals surface area contributed by atoms with Crippen LogP contribution >= 0.6 is 0 Å². The van der Waals surface area contributed by atoms with Crippen molar-refractivity contribution in [3.05, 3.63) is 59.7 Å². The zero-order chi connectivity index (χ0) is 19.6. The first kappa shape index (κ1) is 18.7. The maximum Gasteiger partial charge on any atom is 0.417 e. The quantitative estimate of drug-likeness (QED) is 0.767. The smallest absolute Gasteiger partial charge is 0.417 e. The van der Waals surface area contributed by atoms with Crippen molar-refractivity contribution in [1.82, 2.24) is 4.90 Å². The van der Waals surface area contributed by atoms with Crippen LogP contribution in [0, 0.1) is 11.3 Å². The van der Waals surface area contributed by atoms with Crippen molar-refractivity contribution in [3.8, 4) is 17.2 Å². The van der Waals surface area contributed by atoms with E-state index >= 15 is 0 Å². The largest absolute Gasteiger partial charge is 0.443 e. The summed E-state index contributed by atoms with van der Waals surface area (Å²) in [5.41, 5.74) is 2.89. The summed E-state index contributed by atoms with van der Waals surface area (Å²) in [4.78, 5) is 25.9. The van der Waals surface area contributed by atoms with Crippen LogP contribution in [0.3, 0.4) is 0 Å². The molecule has 0 unspecified atom stereocenters. The fraction of sp³-hybridized carbons (Fsp3) is 0.318. The molecule has 1 saturated heterocycles. The van der Waals surface area contributed by atoms with Crippen LogP contribution in [0.4, 0.5) is 4.79 Å². The summed E-state index contributed by atoms with van der Waals surface area (Å²) in [5.74, 6) is -0.203. The predicted molar refractivity (Wildman–Crippen MR) is 102 cm³/mol. The van der Waals surface area contributed by atoms with Crippen LogP contribution in [0.2, 0.25) is 0 Å². The normalized spacial score (nSPS) is 16.9. The number of hydrogen-bond acceptors (Lipinski definition) is 4. The van der Waals surface area contributed by atoms with Crippen molar-refractivity contribution < 1.29 is 14.3 Å². The van der Waals surface area contributed by atoms with Crippen molar-refractivity contribution in [2.45, 2.75) is 45.3 Å². The molecule has 0 saturated carbocycles. The Kier molecular flexibility index (Phi) is 5.00.